The molecule has 1 heterocycles. The van der Waals surface area contributed by atoms with Crippen LogP contribution in [-0.4, -0.2) is 29.8 Å². The predicted molar refractivity (Wildman–Crippen MR) is 168 cm³/mol. The molecule has 0 aromatic heterocycles. The van der Waals surface area contributed by atoms with Gasteiger partial charge in [-0.3, -0.25) is 9.59 Å². The zero-order chi connectivity index (χ0) is 27.5. The number of anilines is 1. The fourth-order valence-corrected chi connectivity index (χ4v) is 6.21. The first-order valence-electron chi connectivity index (χ1n) is 14.0. The summed E-state index contributed by atoms with van der Waals surface area (Å²) in [6.45, 7) is 1.48. The third-order valence-electron chi connectivity index (χ3n) is 8.07. The summed E-state index contributed by atoms with van der Waals surface area (Å²) in [5.41, 5.74) is 2.93. The number of amides is 2. The monoisotopic (exact) mass is 544 g/mol. The highest BCUT2D eigenvalue weighted by Gasteiger charge is 2.29. The van der Waals surface area contributed by atoms with Gasteiger partial charge in [-0.2, -0.15) is 0 Å². The molecule has 200 valence electrons. The van der Waals surface area contributed by atoms with Crippen molar-refractivity contribution < 1.29 is 9.59 Å². The number of carbonyl (C=O) groups excluding carboxylic acids is 2. The van der Waals surface area contributed by atoms with E-state index >= 15 is 0 Å². The van der Waals surface area contributed by atoms with Gasteiger partial charge in [-0.25, -0.2) is 0 Å². The van der Waals surface area contributed by atoms with E-state index in [0.29, 0.717) is 17.2 Å². The Morgan fingerprint density at radius 2 is 1.50 bits per heavy atom. The van der Waals surface area contributed by atoms with Crippen molar-refractivity contribution in [3.8, 4) is 0 Å². The van der Waals surface area contributed by atoms with Crippen LogP contribution >= 0.6 is 9.24 Å². The summed E-state index contributed by atoms with van der Waals surface area (Å²) < 4.78 is 0. The number of nitrogens with zero attached hydrogens (tertiary/aromatic N) is 1. The topological polar surface area (TPSA) is 49.4 Å². The van der Waals surface area contributed by atoms with E-state index in [0.717, 1.165) is 59.5 Å². The molecule has 1 aliphatic heterocycles. The van der Waals surface area contributed by atoms with E-state index in [1.807, 2.05) is 77.7 Å². The highest BCUT2D eigenvalue weighted by Crippen LogP contribution is 2.33. The summed E-state index contributed by atoms with van der Waals surface area (Å²) in [6, 6.07) is 36.5. The number of nitrogens with one attached hydrogen (secondary N) is 1. The van der Waals surface area contributed by atoms with Gasteiger partial charge in [0.25, 0.3) is 5.91 Å². The van der Waals surface area contributed by atoms with E-state index in [2.05, 4.69) is 51.0 Å². The van der Waals surface area contributed by atoms with Crippen molar-refractivity contribution >= 4 is 48.3 Å². The lowest BCUT2D eigenvalue weighted by molar-refractivity contribution is -0.115. The Labute approximate surface area is 237 Å². The molecule has 0 aliphatic carbocycles. The molecular weight excluding hydrogens is 511 g/mol. The fraction of sp³-hybridized carbons (Fsp3) is 0.200. The normalized spacial score (nSPS) is 15.8. The minimum atomic E-state index is -0.463. The Hall–Kier alpha value is -4.01. The molecule has 5 aromatic rings. The van der Waals surface area contributed by atoms with Crippen LogP contribution in [0.2, 0.25) is 0 Å². The van der Waals surface area contributed by atoms with Crippen LogP contribution in [0.25, 0.3) is 21.5 Å². The van der Waals surface area contributed by atoms with Crippen LogP contribution < -0.4 is 5.32 Å². The summed E-state index contributed by atoms with van der Waals surface area (Å²) >= 11 is 0. The average molecular weight is 545 g/mol. The molecule has 0 spiro atoms. The van der Waals surface area contributed by atoms with E-state index in [4.69, 9.17) is 0 Å². The highest BCUT2D eigenvalue weighted by atomic mass is 31.0. The first-order chi connectivity index (χ1) is 19.6. The van der Waals surface area contributed by atoms with Gasteiger partial charge < -0.3 is 10.2 Å². The molecule has 2 amide bonds. The van der Waals surface area contributed by atoms with Gasteiger partial charge in [0, 0.05) is 13.1 Å². The first kappa shape index (κ1) is 26.2. The Bertz CT molecular complexity index is 1680. The molecule has 0 bridgehead atoms. The van der Waals surface area contributed by atoms with Crippen LogP contribution in [0.15, 0.2) is 109 Å². The van der Waals surface area contributed by atoms with E-state index < -0.39 is 5.66 Å². The summed E-state index contributed by atoms with van der Waals surface area (Å²) in [6.07, 6.45) is 3.09. The molecule has 1 aliphatic rings. The Morgan fingerprint density at radius 1 is 0.825 bits per heavy atom. The van der Waals surface area contributed by atoms with Crippen LogP contribution in [0.1, 0.15) is 40.0 Å². The number of likely N-dealkylation sites (tertiary alicyclic amines) is 1. The third-order valence-corrected chi connectivity index (χ3v) is 8.73. The summed E-state index contributed by atoms with van der Waals surface area (Å²) in [5.74, 6) is 0.298. The molecule has 0 saturated carbocycles. The van der Waals surface area contributed by atoms with Gasteiger partial charge in [0.15, 0.2) is 0 Å². The lowest BCUT2D eigenvalue weighted by atomic mass is 9.99. The van der Waals surface area contributed by atoms with Gasteiger partial charge in [-0.1, -0.05) is 97.1 Å². The van der Waals surface area contributed by atoms with Crippen molar-refractivity contribution in [1.82, 2.24) is 4.90 Å². The summed E-state index contributed by atoms with van der Waals surface area (Å²) in [7, 11) is 2.69. The van der Waals surface area contributed by atoms with Crippen LogP contribution in [0.5, 0.6) is 0 Å². The van der Waals surface area contributed by atoms with E-state index in [-0.39, 0.29) is 11.8 Å². The molecular formula is C35H33N2O2P. The molecule has 5 aromatic carbocycles. The second-order valence-electron chi connectivity index (χ2n) is 10.7. The van der Waals surface area contributed by atoms with Crippen LogP contribution in [0, 0.1) is 5.92 Å². The van der Waals surface area contributed by atoms with Gasteiger partial charge in [0.05, 0.1) is 16.9 Å². The standard InChI is InChI=1S/C35H33N2O2P/c38-34(33(40)30-16-8-14-26-11-6-7-15-29(26)30)36-32-22-28-13-5-4-12-27(28)21-31(32)35(39)37-20-19-25(23-37)18-17-24-9-2-1-3-10-24/h1-16,21-22,25,33H,17-20,23,40H2,(H,36,38). The average Bonchev–Trinajstić information content (AvgIpc) is 3.48. The van der Waals surface area contributed by atoms with Crippen molar-refractivity contribution in [2.45, 2.75) is 24.9 Å². The van der Waals surface area contributed by atoms with Crippen molar-refractivity contribution in [1.29, 1.82) is 0 Å². The molecule has 40 heavy (non-hydrogen) atoms. The Morgan fingerprint density at radius 3 is 2.30 bits per heavy atom. The van der Waals surface area contributed by atoms with Gasteiger partial charge in [-0.15, -0.1) is 9.24 Å². The molecule has 5 heteroatoms. The molecule has 6 rings (SSSR count). The maximum absolute atomic E-state index is 13.9. The molecule has 4 nitrogen and oxygen atoms in total. The molecule has 1 fully saturated rings. The van der Waals surface area contributed by atoms with Crippen molar-refractivity contribution in [3.05, 3.63) is 126 Å². The van der Waals surface area contributed by atoms with Crippen molar-refractivity contribution in [3.63, 3.8) is 0 Å². The molecule has 1 saturated heterocycles. The van der Waals surface area contributed by atoms with Gasteiger partial charge in [-0.05, 0) is 70.0 Å². The number of benzene rings is 5. The van der Waals surface area contributed by atoms with Gasteiger partial charge in [0.1, 0.15) is 0 Å². The van der Waals surface area contributed by atoms with Crippen LogP contribution in [0.3, 0.4) is 0 Å². The lowest BCUT2D eigenvalue weighted by Gasteiger charge is -2.21. The van der Waals surface area contributed by atoms with Crippen molar-refractivity contribution in [2.24, 2.45) is 5.92 Å². The van der Waals surface area contributed by atoms with E-state index in [9.17, 15) is 9.59 Å². The minimum Gasteiger partial charge on any atom is -0.338 e. The second-order valence-corrected chi connectivity index (χ2v) is 11.4. The SMILES string of the molecule is O=C(Nc1cc2ccccc2cc1C(=O)N1CCC(CCc2ccccc2)C1)C(P)c1cccc2ccccc12. The molecule has 1 N–H and O–H groups in total. The van der Waals surface area contributed by atoms with Gasteiger partial charge >= 0.3 is 0 Å². The summed E-state index contributed by atoms with van der Waals surface area (Å²) in [5, 5.41) is 7.24. The third kappa shape index (κ3) is 5.50. The quantitative estimate of drug-likeness (QED) is 0.214. The zero-order valence-corrected chi connectivity index (χ0v) is 23.6. The van der Waals surface area contributed by atoms with Gasteiger partial charge in [0.2, 0.25) is 5.91 Å². The predicted octanol–water partition coefficient (Wildman–Crippen LogP) is 7.64. The number of carbonyl (C=O) groups is 2. The van der Waals surface area contributed by atoms with Crippen LogP contribution in [-0.2, 0) is 11.2 Å². The highest BCUT2D eigenvalue weighted by molar-refractivity contribution is 7.19. The number of aryl methyl sites for hydroxylation is 1. The fourth-order valence-electron chi connectivity index (χ4n) is 5.83. The molecule has 3 unspecified atom stereocenters. The maximum atomic E-state index is 13.9. The van der Waals surface area contributed by atoms with Crippen molar-refractivity contribution in [2.75, 3.05) is 18.4 Å². The first-order valence-corrected chi connectivity index (χ1v) is 14.6. The number of hydrogen-bond acceptors (Lipinski definition) is 2. The summed E-state index contributed by atoms with van der Waals surface area (Å²) in [4.78, 5) is 29.5. The molecule has 3 atom stereocenters. The number of fused-ring (bicyclic) bond motifs is 2. The van der Waals surface area contributed by atoms with E-state index in [1.54, 1.807) is 0 Å². The Kier molecular flexibility index (Phi) is 7.62. The smallest absolute Gasteiger partial charge is 0.255 e. The van der Waals surface area contributed by atoms with E-state index in [1.165, 1.54) is 5.56 Å². The lowest BCUT2D eigenvalue weighted by Crippen LogP contribution is -2.30. The minimum absolute atomic E-state index is 0.0197. The second kappa shape index (κ2) is 11.6. The van der Waals surface area contributed by atoms with Crippen LogP contribution in [0.4, 0.5) is 5.69 Å². The Balaban J connectivity index is 1.24. The largest absolute Gasteiger partial charge is 0.338 e. The number of rotatable bonds is 7. The number of hydrogen-bond donors (Lipinski definition) is 1. The zero-order valence-electron chi connectivity index (χ0n) is 22.4. The maximum Gasteiger partial charge on any atom is 0.255 e. The molecule has 0 radical (unpaired) electrons.